The van der Waals surface area contributed by atoms with Crippen molar-refractivity contribution in [3.63, 3.8) is 0 Å². The van der Waals surface area contributed by atoms with Crippen LogP contribution in [0, 0.1) is 0 Å². The molecule has 5 heteroatoms. The zero-order valence-corrected chi connectivity index (χ0v) is 18.8. The molecule has 0 atom stereocenters. The predicted molar refractivity (Wildman–Crippen MR) is 120 cm³/mol. The third-order valence-corrected chi connectivity index (χ3v) is 5.46. The molecule has 1 saturated carbocycles. The first-order chi connectivity index (χ1) is 13.8. The number of likely N-dealkylation sites (N-methyl/N-ethyl adjacent to an activating group) is 1. The Morgan fingerprint density at radius 3 is 2.41 bits per heavy atom. The van der Waals surface area contributed by atoms with Gasteiger partial charge in [0.1, 0.15) is 11.6 Å². The summed E-state index contributed by atoms with van der Waals surface area (Å²) in [6.45, 7) is 15.1. The number of rotatable bonds is 10. The number of carbonyl (C=O) groups is 1. The lowest BCUT2D eigenvalue weighted by atomic mass is 9.97. The fourth-order valence-electron chi connectivity index (χ4n) is 3.44. The van der Waals surface area contributed by atoms with Crippen molar-refractivity contribution in [2.75, 3.05) is 13.7 Å². The van der Waals surface area contributed by atoms with Crippen LogP contribution in [-0.2, 0) is 11.3 Å². The highest BCUT2D eigenvalue weighted by molar-refractivity contribution is 5.98. The molecule has 1 aromatic carbocycles. The van der Waals surface area contributed by atoms with E-state index in [0.29, 0.717) is 19.5 Å². The zero-order valence-electron chi connectivity index (χ0n) is 18.8. The van der Waals surface area contributed by atoms with Gasteiger partial charge < -0.3 is 15.0 Å². The van der Waals surface area contributed by atoms with Gasteiger partial charge in [-0.2, -0.15) is 0 Å². The second-order valence-corrected chi connectivity index (χ2v) is 8.03. The molecule has 0 radical (unpaired) electrons. The second kappa shape index (κ2) is 9.77. The van der Waals surface area contributed by atoms with Crippen molar-refractivity contribution in [2.24, 2.45) is 4.99 Å². The summed E-state index contributed by atoms with van der Waals surface area (Å²) in [5.41, 5.74) is 3.69. The van der Waals surface area contributed by atoms with Crippen molar-refractivity contribution < 1.29 is 9.53 Å². The van der Waals surface area contributed by atoms with Crippen LogP contribution >= 0.6 is 0 Å². The van der Waals surface area contributed by atoms with E-state index in [1.165, 1.54) is 0 Å². The largest absolute Gasteiger partial charge is 0.496 e. The maximum atomic E-state index is 13.6. The van der Waals surface area contributed by atoms with Gasteiger partial charge in [0.2, 0.25) is 0 Å². The van der Waals surface area contributed by atoms with Gasteiger partial charge in [-0.1, -0.05) is 30.7 Å². The molecule has 1 N–H and O–H groups in total. The van der Waals surface area contributed by atoms with Gasteiger partial charge in [0.15, 0.2) is 0 Å². The van der Waals surface area contributed by atoms with Crippen molar-refractivity contribution in [3.8, 4) is 5.75 Å². The Balaban J connectivity index is 2.40. The van der Waals surface area contributed by atoms with Crippen LogP contribution in [0.1, 0.15) is 59.4 Å². The molecule has 1 aromatic rings. The van der Waals surface area contributed by atoms with Crippen LogP contribution in [-0.4, -0.2) is 36.7 Å². The van der Waals surface area contributed by atoms with Crippen LogP contribution in [0.5, 0.6) is 5.75 Å². The molecule has 158 valence electrons. The molecule has 29 heavy (non-hydrogen) atoms. The monoisotopic (exact) mass is 397 g/mol. The highest BCUT2D eigenvalue weighted by atomic mass is 16.5. The van der Waals surface area contributed by atoms with E-state index < -0.39 is 0 Å². The van der Waals surface area contributed by atoms with Crippen LogP contribution in [0.4, 0.5) is 0 Å². The number of amides is 1. The lowest BCUT2D eigenvalue weighted by molar-refractivity contribution is -0.127. The summed E-state index contributed by atoms with van der Waals surface area (Å²) >= 11 is 0. The quantitative estimate of drug-likeness (QED) is 0.349. The SMILES string of the molecule is C=N/C(NC1(C)CC1)=C(\CC)C(C(=O)N(CC)Cc1ccccc1OC)=C(C)C. The topological polar surface area (TPSA) is 53.9 Å². The molecule has 0 heterocycles. The summed E-state index contributed by atoms with van der Waals surface area (Å²) in [7, 11) is 1.66. The number of nitrogens with one attached hydrogen (secondary N) is 1. The molecule has 0 saturated heterocycles. The first kappa shape index (κ1) is 22.7. The molecule has 1 aliphatic carbocycles. The van der Waals surface area contributed by atoms with Crippen LogP contribution in [0.3, 0.4) is 0 Å². The van der Waals surface area contributed by atoms with Crippen molar-refractivity contribution in [3.05, 3.63) is 52.4 Å². The molecule has 0 aliphatic heterocycles. The fraction of sp³-hybridized carbons (Fsp3) is 0.500. The summed E-state index contributed by atoms with van der Waals surface area (Å²) in [5, 5.41) is 3.51. The van der Waals surface area contributed by atoms with Crippen molar-refractivity contribution in [1.82, 2.24) is 10.2 Å². The Morgan fingerprint density at radius 1 is 1.28 bits per heavy atom. The molecule has 1 fully saturated rings. The number of hydrogen-bond donors (Lipinski definition) is 1. The molecule has 2 rings (SSSR count). The van der Waals surface area contributed by atoms with Crippen LogP contribution in [0.2, 0.25) is 0 Å². The van der Waals surface area contributed by atoms with Gasteiger partial charge in [0, 0.05) is 35.3 Å². The van der Waals surface area contributed by atoms with E-state index in [9.17, 15) is 4.79 Å². The molecule has 0 unspecified atom stereocenters. The number of aliphatic imine (C=N–C) groups is 1. The van der Waals surface area contributed by atoms with Gasteiger partial charge in [0.05, 0.1) is 7.11 Å². The first-order valence-electron chi connectivity index (χ1n) is 10.4. The van der Waals surface area contributed by atoms with Crippen LogP contribution < -0.4 is 10.1 Å². The normalized spacial score (nSPS) is 15.1. The third-order valence-electron chi connectivity index (χ3n) is 5.46. The molecule has 0 aromatic heterocycles. The highest BCUT2D eigenvalue weighted by Crippen LogP contribution is 2.37. The van der Waals surface area contributed by atoms with Gasteiger partial charge in [-0.3, -0.25) is 4.79 Å². The Morgan fingerprint density at radius 2 is 1.93 bits per heavy atom. The van der Waals surface area contributed by atoms with Gasteiger partial charge in [-0.15, -0.1) is 0 Å². The zero-order chi connectivity index (χ0) is 21.6. The van der Waals surface area contributed by atoms with Crippen LogP contribution in [0.25, 0.3) is 0 Å². The van der Waals surface area contributed by atoms with Crippen molar-refractivity contribution >= 4 is 12.6 Å². The number of nitrogens with zero attached hydrogens (tertiary/aromatic N) is 2. The number of benzene rings is 1. The first-order valence-corrected chi connectivity index (χ1v) is 10.4. The minimum Gasteiger partial charge on any atom is -0.496 e. The number of ether oxygens (including phenoxy) is 1. The van der Waals surface area contributed by atoms with E-state index in [2.05, 4.69) is 30.9 Å². The number of para-hydroxylation sites is 1. The van der Waals surface area contributed by atoms with E-state index in [0.717, 1.165) is 46.7 Å². The summed E-state index contributed by atoms with van der Waals surface area (Å²) in [4.78, 5) is 19.7. The van der Waals surface area contributed by atoms with Gasteiger partial charge >= 0.3 is 0 Å². The average Bonchev–Trinajstić information content (AvgIpc) is 3.45. The van der Waals surface area contributed by atoms with E-state index in [1.807, 2.05) is 49.9 Å². The number of carbonyl (C=O) groups excluding carboxylic acids is 1. The number of methoxy groups -OCH3 is 1. The molecular formula is C24H35N3O2. The molecule has 1 amide bonds. The fourth-order valence-corrected chi connectivity index (χ4v) is 3.44. The summed E-state index contributed by atoms with van der Waals surface area (Å²) in [6.07, 6.45) is 2.92. The van der Waals surface area contributed by atoms with Crippen LogP contribution in [0.15, 0.2) is 51.8 Å². The minimum atomic E-state index is 0.0131. The van der Waals surface area contributed by atoms with Gasteiger partial charge in [-0.05, 0) is 59.7 Å². The minimum absolute atomic E-state index is 0.0131. The Hall–Kier alpha value is -2.56. The molecule has 5 nitrogen and oxygen atoms in total. The second-order valence-electron chi connectivity index (χ2n) is 8.03. The van der Waals surface area contributed by atoms with Crippen molar-refractivity contribution in [2.45, 2.75) is 66.0 Å². The average molecular weight is 398 g/mol. The lowest BCUT2D eigenvalue weighted by Gasteiger charge is -2.26. The summed E-state index contributed by atoms with van der Waals surface area (Å²) < 4.78 is 5.47. The van der Waals surface area contributed by atoms with Gasteiger partial charge in [0.25, 0.3) is 5.91 Å². The van der Waals surface area contributed by atoms with E-state index in [1.54, 1.807) is 7.11 Å². The van der Waals surface area contributed by atoms with Crippen molar-refractivity contribution in [1.29, 1.82) is 0 Å². The number of allylic oxidation sites excluding steroid dienone is 1. The molecule has 0 bridgehead atoms. The Bertz CT molecular complexity index is 815. The smallest absolute Gasteiger partial charge is 0.254 e. The molecular weight excluding hydrogens is 362 g/mol. The van der Waals surface area contributed by atoms with E-state index in [4.69, 9.17) is 4.74 Å². The standard InChI is InChI=1S/C24H35N3O2/c1-8-19(22(25-6)26-24(5)14-15-24)21(17(3)4)23(28)27(9-2)16-18-12-10-11-13-20(18)29-7/h10-13,26H,6,8-9,14-16H2,1-5,7H3/b22-19-. The van der Waals surface area contributed by atoms with Gasteiger partial charge in [-0.25, -0.2) is 4.99 Å². The maximum absolute atomic E-state index is 13.6. The highest BCUT2D eigenvalue weighted by Gasteiger charge is 2.38. The summed E-state index contributed by atoms with van der Waals surface area (Å²) in [5.74, 6) is 1.53. The maximum Gasteiger partial charge on any atom is 0.254 e. The molecule has 1 aliphatic rings. The molecule has 0 spiro atoms. The Kier molecular flexibility index (Phi) is 7.66. The van der Waals surface area contributed by atoms with E-state index >= 15 is 0 Å². The summed E-state index contributed by atoms with van der Waals surface area (Å²) in [6, 6.07) is 7.83. The number of hydrogen-bond acceptors (Lipinski definition) is 4. The van der Waals surface area contributed by atoms with E-state index in [-0.39, 0.29) is 11.4 Å². The predicted octanol–water partition coefficient (Wildman–Crippen LogP) is 4.84. The Labute approximate surface area is 175 Å². The lowest BCUT2D eigenvalue weighted by Crippen LogP contribution is -2.34. The third kappa shape index (κ3) is 5.49.